The number of carbonyl (C=O) groups is 1. The molecule has 0 unspecified atom stereocenters. The normalized spacial score (nSPS) is 11.3. The molecule has 0 aromatic carbocycles. The summed E-state index contributed by atoms with van der Waals surface area (Å²) in [6.07, 6.45) is 5.05. The number of hydrogen-bond donors (Lipinski definition) is 0. The molecule has 0 fully saturated rings. The fraction of sp³-hybridized carbons (Fsp3) is 0.308. The van der Waals surface area contributed by atoms with Crippen LogP contribution in [0.2, 0.25) is 0 Å². The van der Waals surface area contributed by atoms with Crippen LogP contribution in [0.1, 0.15) is 23.9 Å². The van der Waals surface area contributed by atoms with Gasteiger partial charge in [-0.15, -0.1) is 10.2 Å². The summed E-state index contributed by atoms with van der Waals surface area (Å²) in [5.74, 6) is 0.503. The molecule has 0 amide bonds. The highest BCUT2D eigenvalue weighted by atomic mass is 16.5. The number of esters is 1. The number of fused-ring (bicyclic) bond motifs is 1. The highest BCUT2D eigenvalue weighted by Gasteiger charge is 2.06. The predicted octanol–water partition coefficient (Wildman–Crippen LogP) is 1.92. The zero-order valence-electron chi connectivity index (χ0n) is 10.7. The molecule has 0 radical (unpaired) electrons. The van der Waals surface area contributed by atoms with Crippen molar-refractivity contribution in [2.75, 3.05) is 6.61 Å². The zero-order chi connectivity index (χ0) is 13.1. The van der Waals surface area contributed by atoms with Gasteiger partial charge >= 0.3 is 5.97 Å². The van der Waals surface area contributed by atoms with E-state index in [4.69, 9.17) is 4.74 Å². The van der Waals surface area contributed by atoms with Crippen molar-refractivity contribution < 1.29 is 9.53 Å². The summed E-state index contributed by atoms with van der Waals surface area (Å²) in [6, 6.07) is 1.93. The highest BCUT2D eigenvalue weighted by molar-refractivity contribution is 5.87. The molecule has 0 spiro atoms. The number of hydrogen-bond acceptors (Lipinski definition) is 4. The molecule has 94 valence electrons. The first-order chi connectivity index (χ1) is 8.63. The summed E-state index contributed by atoms with van der Waals surface area (Å²) >= 11 is 0. The summed E-state index contributed by atoms with van der Waals surface area (Å²) in [5, 5.41) is 8.12. The van der Waals surface area contributed by atoms with Gasteiger partial charge < -0.3 is 4.74 Å². The molecular formula is C13H15N3O2. The summed E-state index contributed by atoms with van der Waals surface area (Å²) in [7, 11) is 0. The lowest BCUT2D eigenvalue weighted by Gasteiger charge is -2.02. The van der Waals surface area contributed by atoms with Gasteiger partial charge in [-0.25, -0.2) is 4.79 Å². The van der Waals surface area contributed by atoms with E-state index in [-0.39, 0.29) is 5.97 Å². The fourth-order valence-electron chi connectivity index (χ4n) is 1.74. The quantitative estimate of drug-likeness (QED) is 0.612. The van der Waals surface area contributed by atoms with Crippen molar-refractivity contribution in [2.45, 2.75) is 20.8 Å². The largest absolute Gasteiger partial charge is 0.463 e. The first-order valence-electron chi connectivity index (χ1n) is 5.79. The third-order valence-corrected chi connectivity index (χ3v) is 2.72. The number of aromatic nitrogens is 3. The van der Waals surface area contributed by atoms with Crippen molar-refractivity contribution in [1.82, 2.24) is 14.6 Å². The molecule has 0 aliphatic heterocycles. The van der Waals surface area contributed by atoms with E-state index in [0.29, 0.717) is 6.61 Å². The van der Waals surface area contributed by atoms with Gasteiger partial charge in [-0.1, -0.05) is 0 Å². The van der Waals surface area contributed by atoms with E-state index in [1.165, 1.54) is 6.08 Å². The predicted molar refractivity (Wildman–Crippen MR) is 68.1 cm³/mol. The summed E-state index contributed by atoms with van der Waals surface area (Å²) in [6.45, 7) is 6.01. The first-order valence-corrected chi connectivity index (χ1v) is 5.79. The van der Waals surface area contributed by atoms with Crippen LogP contribution >= 0.6 is 0 Å². The standard InChI is InChI=1S/C13H15N3O2/c1-4-18-12(17)6-5-11-7-8-16-10(3)14-15-13(16)9(11)2/h5-8H,4H2,1-3H3/b6-5+. The number of aryl methyl sites for hydroxylation is 2. The van der Waals surface area contributed by atoms with Gasteiger partial charge in [-0.05, 0) is 38.5 Å². The topological polar surface area (TPSA) is 56.5 Å². The molecule has 5 heteroatoms. The second kappa shape index (κ2) is 5.00. The fourth-order valence-corrected chi connectivity index (χ4v) is 1.74. The minimum absolute atomic E-state index is 0.338. The minimum Gasteiger partial charge on any atom is -0.463 e. The van der Waals surface area contributed by atoms with Crippen LogP contribution in [0.5, 0.6) is 0 Å². The Morgan fingerprint density at radius 3 is 2.94 bits per heavy atom. The molecule has 0 saturated heterocycles. The van der Waals surface area contributed by atoms with Crippen molar-refractivity contribution >= 4 is 17.7 Å². The Hall–Kier alpha value is -2.17. The van der Waals surface area contributed by atoms with Crippen molar-refractivity contribution in [3.8, 4) is 0 Å². The zero-order valence-corrected chi connectivity index (χ0v) is 10.7. The van der Waals surface area contributed by atoms with Crippen LogP contribution in [0.25, 0.3) is 11.7 Å². The first kappa shape index (κ1) is 12.3. The Labute approximate surface area is 105 Å². The molecule has 18 heavy (non-hydrogen) atoms. The van der Waals surface area contributed by atoms with Crippen LogP contribution in [-0.2, 0) is 9.53 Å². The second-order valence-corrected chi connectivity index (χ2v) is 3.92. The Morgan fingerprint density at radius 2 is 2.22 bits per heavy atom. The number of rotatable bonds is 3. The van der Waals surface area contributed by atoms with Crippen molar-refractivity contribution in [1.29, 1.82) is 0 Å². The molecule has 0 bridgehead atoms. The average molecular weight is 245 g/mol. The minimum atomic E-state index is -0.338. The van der Waals surface area contributed by atoms with Crippen molar-refractivity contribution in [3.63, 3.8) is 0 Å². The summed E-state index contributed by atoms with van der Waals surface area (Å²) < 4.78 is 6.75. The van der Waals surface area contributed by atoms with Gasteiger partial charge in [0.05, 0.1) is 6.61 Å². The smallest absolute Gasteiger partial charge is 0.330 e. The van der Waals surface area contributed by atoms with Gasteiger partial charge in [0.2, 0.25) is 0 Å². The molecule has 2 rings (SSSR count). The van der Waals surface area contributed by atoms with E-state index in [1.807, 2.05) is 30.5 Å². The van der Waals surface area contributed by atoms with Crippen LogP contribution in [0.4, 0.5) is 0 Å². The van der Waals surface area contributed by atoms with Gasteiger partial charge in [0.25, 0.3) is 0 Å². The number of ether oxygens (including phenoxy) is 1. The number of carbonyl (C=O) groups excluding carboxylic acids is 1. The Balaban J connectivity index is 2.35. The van der Waals surface area contributed by atoms with Crippen LogP contribution in [-0.4, -0.2) is 27.2 Å². The van der Waals surface area contributed by atoms with E-state index >= 15 is 0 Å². The van der Waals surface area contributed by atoms with Gasteiger partial charge in [-0.2, -0.15) is 0 Å². The molecule has 2 aromatic heterocycles. The third kappa shape index (κ3) is 2.25. The Bertz CT molecular complexity index is 614. The molecular weight excluding hydrogens is 230 g/mol. The van der Waals surface area contributed by atoms with Crippen LogP contribution in [0.3, 0.4) is 0 Å². The maximum atomic E-state index is 11.3. The van der Waals surface area contributed by atoms with E-state index in [9.17, 15) is 4.79 Å². The molecule has 5 nitrogen and oxygen atoms in total. The van der Waals surface area contributed by atoms with Crippen molar-refractivity contribution in [2.24, 2.45) is 0 Å². The van der Waals surface area contributed by atoms with E-state index < -0.39 is 0 Å². The number of pyridine rings is 1. The SMILES string of the molecule is CCOC(=O)/C=C/c1ccn2c(C)nnc2c1C. The van der Waals surface area contributed by atoms with Gasteiger partial charge in [-0.3, -0.25) is 4.40 Å². The summed E-state index contributed by atoms with van der Waals surface area (Å²) in [4.78, 5) is 11.3. The van der Waals surface area contributed by atoms with Crippen LogP contribution in [0, 0.1) is 13.8 Å². The molecule has 0 atom stereocenters. The van der Waals surface area contributed by atoms with Gasteiger partial charge in [0, 0.05) is 17.8 Å². The molecule has 0 aliphatic rings. The average Bonchev–Trinajstić information content (AvgIpc) is 2.72. The van der Waals surface area contributed by atoms with Gasteiger partial charge in [0.1, 0.15) is 5.82 Å². The molecule has 2 heterocycles. The molecule has 2 aromatic rings. The van der Waals surface area contributed by atoms with E-state index in [0.717, 1.165) is 22.6 Å². The lowest BCUT2D eigenvalue weighted by Crippen LogP contribution is -1.99. The molecule has 0 aliphatic carbocycles. The van der Waals surface area contributed by atoms with E-state index in [1.54, 1.807) is 13.0 Å². The lowest BCUT2D eigenvalue weighted by molar-refractivity contribution is -0.137. The number of nitrogens with zero attached hydrogens (tertiary/aromatic N) is 3. The van der Waals surface area contributed by atoms with Crippen LogP contribution in [0.15, 0.2) is 18.3 Å². The molecule has 0 N–H and O–H groups in total. The molecule has 0 saturated carbocycles. The Morgan fingerprint density at radius 1 is 1.44 bits per heavy atom. The highest BCUT2D eigenvalue weighted by Crippen LogP contribution is 2.15. The third-order valence-electron chi connectivity index (χ3n) is 2.72. The Kier molecular flexibility index (Phi) is 3.41. The van der Waals surface area contributed by atoms with Crippen LogP contribution < -0.4 is 0 Å². The van der Waals surface area contributed by atoms with E-state index in [2.05, 4.69) is 10.2 Å². The summed E-state index contributed by atoms with van der Waals surface area (Å²) in [5.41, 5.74) is 2.72. The maximum absolute atomic E-state index is 11.3. The van der Waals surface area contributed by atoms with Crippen molar-refractivity contribution in [3.05, 3.63) is 35.3 Å². The van der Waals surface area contributed by atoms with Gasteiger partial charge in [0.15, 0.2) is 5.65 Å². The maximum Gasteiger partial charge on any atom is 0.330 e. The second-order valence-electron chi connectivity index (χ2n) is 3.92. The monoisotopic (exact) mass is 245 g/mol. The lowest BCUT2D eigenvalue weighted by atomic mass is 10.1.